The molecule has 0 bridgehead atoms. The summed E-state index contributed by atoms with van der Waals surface area (Å²) >= 11 is 0. The monoisotopic (exact) mass is 207 g/mol. The summed E-state index contributed by atoms with van der Waals surface area (Å²) in [6.45, 7) is 4.66. The maximum absolute atomic E-state index is 14.3. The van der Waals surface area contributed by atoms with Gasteiger partial charge in [0.25, 0.3) is 0 Å². The van der Waals surface area contributed by atoms with E-state index in [4.69, 9.17) is 0 Å². The van der Waals surface area contributed by atoms with Gasteiger partial charge in [-0.15, -0.1) is 0 Å². The van der Waals surface area contributed by atoms with Crippen LogP contribution in [-0.2, 0) is 0 Å². The quantitative estimate of drug-likeness (QED) is 0.746. The standard InChI is InChI=1S/C13H18FN/c1-10-5-3-6-11(9-10)12-13(2,14)7-4-8-15-12/h3,5-6,9,12,15H,4,7-8H2,1-2H3. The van der Waals surface area contributed by atoms with E-state index in [2.05, 4.69) is 11.4 Å². The second-order valence-electron chi connectivity index (χ2n) is 4.68. The van der Waals surface area contributed by atoms with Gasteiger partial charge in [0.05, 0.1) is 6.04 Å². The molecule has 1 N–H and O–H groups in total. The van der Waals surface area contributed by atoms with E-state index in [1.54, 1.807) is 6.92 Å². The number of aryl methyl sites for hydroxylation is 1. The second-order valence-corrected chi connectivity index (χ2v) is 4.68. The number of nitrogens with one attached hydrogen (secondary N) is 1. The van der Waals surface area contributed by atoms with Crippen LogP contribution in [0.15, 0.2) is 24.3 Å². The van der Waals surface area contributed by atoms with Crippen molar-refractivity contribution in [3.8, 4) is 0 Å². The van der Waals surface area contributed by atoms with Crippen LogP contribution in [0.2, 0.25) is 0 Å². The number of alkyl halides is 1. The van der Waals surface area contributed by atoms with Crippen LogP contribution in [0.4, 0.5) is 4.39 Å². The number of rotatable bonds is 1. The van der Waals surface area contributed by atoms with E-state index >= 15 is 0 Å². The number of piperidine rings is 1. The molecule has 1 nitrogen and oxygen atoms in total. The lowest BCUT2D eigenvalue weighted by Crippen LogP contribution is -2.43. The smallest absolute Gasteiger partial charge is 0.127 e. The minimum Gasteiger partial charge on any atom is -0.307 e. The zero-order valence-corrected chi connectivity index (χ0v) is 9.39. The molecular weight excluding hydrogens is 189 g/mol. The first-order chi connectivity index (χ1) is 7.09. The van der Waals surface area contributed by atoms with E-state index in [1.807, 2.05) is 25.1 Å². The fourth-order valence-electron chi connectivity index (χ4n) is 2.35. The maximum atomic E-state index is 14.3. The minimum absolute atomic E-state index is 0.147. The lowest BCUT2D eigenvalue weighted by Gasteiger charge is -2.36. The zero-order valence-electron chi connectivity index (χ0n) is 9.39. The topological polar surface area (TPSA) is 12.0 Å². The van der Waals surface area contributed by atoms with Crippen LogP contribution in [-0.4, -0.2) is 12.2 Å². The van der Waals surface area contributed by atoms with Gasteiger partial charge in [0.2, 0.25) is 0 Å². The molecule has 2 unspecified atom stereocenters. The van der Waals surface area contributed by atoms with Crippen molar-refractivity contribution in [3.63, 3.8) is 0 Å². The molecule has 82 valence electrons. The Kier molecular flexibility index (Phi) is 2.79. The van der Waals surface area contributed by atoms with Gasteiger partial charge in [-0.25, -0.2) is 4.39 Å². The normalized spacial score (nSPS) is 31.5. The average molecular weight is 207 g/mol. The van der Waals surface area contributed by atoms with Gasteiger partial charge < -0.3 is 5.32 Å². The Hall–Kier alpha value is -0.890. The fourth-order valence-corrected chi connectivity index (χ4v) is 2.35. The lowest BCUT2D eigenvalue weighted by atomic mass is 9.84. The van der Waals surface area contributed by atoms with Crippen LogP contribution in [0.25, 0.3) is 0 Å². The highest BCUT2D eigenvalue weighted by molar-refractivity contribution is 5.27. The third-order valence-electron chi connectivity index (χ3n) is 3.17. The molecule has 0 aromatic heterocycles. The van der Waals surface area contributed by atoms with Gasteiger partial charge in [0.1, 0.15) is 5.67 Å². The average Bonchev–Trinajstić information content (AvgIpc) is 2.17. The van der Waals surface area contributed by atoms with Crippen molar-refractivity contribution < 1.29 is 4.39 Å². The molecule has 0 aliphatic carbocycles. The highest BCUT2D eigenvalue weighted by Gasteiger charge is 2.37. The third kappa shape index (κ3) is 2.20. The molecule has 0 amide bonds. The summed E-state index contributed by atoms with van der Waals surface area (Å²) in [6, 6.07) is 7.97. The summed E-state index contributed by atoms with van der Waals surface area (Å²) in [5.74, 6) is 0. The highest BCUT2D eigenvalue weighted by Crippen LogP contribution is 2.36. The van der Waals surface area contributed by atoms with Crippen LogP contribution in [0.1, 0.15) is 36.9 Å². The Morgan fingerprint density at radius 3 is 2.93 bits per heavy atom. The molecule has 1 saturated heterocycles. The van der Waals surface area contributed by atoms with Crippen molar-refractivity contribution in [1.82, 2.24) is 5.32 Å². The van der Waals surface area contributed by atoms with Gasteiger partial charge in [-0.05, 0) is 38.8 Å². The van der Waals surface area contributed by atoms with Gasteiger partial charge in [-0.3, -0.25) is 0 Å². The highest BCUT2D eigenvalue weighted by atomic mass is 19.1. The predicted octanol–water partition coefficient (Wildman–Crippen LogP) is 3.15. The molecule has 1 aromatic carbocycles. The first-order valence-corrected chi connectivity index (χ1v) is 5.58. The number of hydrogen-bond donors (Lipinski definition) is 1. The summed E-state index contributed by atoms with van der Waals surface area (Å²) in [4.78, 5) is 0. The Labute approximate surface area is 90.7 Å². The van der Waals surface area contributed by atoms with E-state index in [1.165, 1.54) is 5.56 Å². The largest absolute Gasteiger partial charge is 0.307 e. The summed E-state index contributed by atoms with van der Waals surface area (Å²) in [5, 5.41) is 3.28. The van der Waals surface area contributed by atoms with Crippen LogP contribution >= 0.6 is 0 Å². The van der Waals surface area contributed by atoms with E-state index in [9.17, 15) is 4.39 Å². The number of benzene rings is 1. The third-order valence-corrected chi connectivity index (χ3v) is 3.17. The number of hydrogen-bond acceptors (Lipinski definition) is 1. The van der Waals surface area contributed by atoms with Crippen LogP contribution in [0.3, 0.4) is 0 Å². The molecule has 0 radical (unpaired) electrons. The summed E-state index contributed by atoms with van der Waals surface area (Å²) in [5.41, 5.74) is 1.14. The van der Waals surface area contributed by atoms with Gasteiger partial charge in [0, 0.05) is 0 Å². The predicted molar refractivity (Wildman–Crippen MR) is 60.7 cm³/mol. The Morgan fingerprint density at radius 2 is 2.27 bits per heavy atom. The lowest BCUT2D eigenvalue weighted by molar-refractivity contribution is 0.0883. The molecule has 15 heavy (non-hydrogen) atoms. The summed E-state index contributed by atoms with van der Waals surface area (Å²) < 4.78 is 14.3. The van der Waals surface area contributed by atoms with Crippen molar-refractivity contribution in [2.45, 2.75) is 38.4 Å². The summed E-state index contributed by atoms with van der Waals surface area (Å²) in [6.07, 6.45) is 1.58. The molecule has 1 aromatic rings. The fraction of sp³-hybridized carbons (Fsp3) is 0.538. The first kappa shape index (κ1) is 10.6. The van der Waals surface area contributed by atoms with E-state index in [0.717, 1.165) is 18.5 Å². The van der Waals surface area contributed by atoms with Crippen LogP contribution < -0.4 is 5.32 Å². The van der Waals surface area contributed by atoms with Crippen LogP contribution in [0, 0.1) is 6.92 Å². The molecule has 1 aliphatic rings. The Morgan fingerprint density at radius 1 is 1.47 bits per heavy atom. The Balaban J connectivity index is 2.29. The van der Waals surface area contributed by atoms with Crippen LogP contribution in [0.5, 0.6) is 0 Å². The van der Waals surface area contributed by atoms with Crippen molar-refractivity contribution in [2.24, 2.45) is 0 Å². The minimum atomic E-state index is -1.12. The maximum Gasteiger partial charge on any atom is 0.127 e. The molecule has 0 spiro atoms. The van der Waals surface area contributed by atoms with Gasteiger partial charge >= 0.3 is 0 Å². The van der Waals surface area contributed by atoms with Crippen molar-refractivity contribution in [3.05, 3.63) is 35.4 Å². The molecule has 1 heterocycles. The van der Waals surface area contributed by atoms with Gasteiger partial charge in [-0.2, -0.15) is 0 Å². The molecule has 2 rings (SSSR count). The number of halogens is 1. The molecule has 0 saturated carbocycles. The van der Waals surface area contributed by atoms with Crippen molar-refractivity contribution >= 4 is 0 Å². The van der Waals surface area contributed by atoms with Crippen molar-refractivity contribution in [1.29, 1.82) is 0 Å². The molecule has 1 aliphatic heterocycles. The van der Waals surface area contributed by atoms with E-state index in [-0.39, 0.29) is 6.04 Å². The molecule has 2 heteroatoms. The van der Waals surface area contributed by atoms with E-state index in [0.29, 0.717) is 6.42 Å². The Bertz CT molecular complexity index is 346. The molecule has 2 atom stereocenters. The molecule has 1 fully saturated rings. The second kappa shape index (κ2) is 3.93. The SMILES string of the molecule is Cc1cccc(C2NCCCC2(C)F)c1. The summed E-state index contributed by atoms with van der Waals surface area (Å²) in [7, 11) is 0. The van der Waals surface area contributed by atoms with Crippen molar-refractivity contribution in [2.75, 3.05) is 6.54 Å². The molecular formula is C13H18FN. The van der Waals surface area contributed by atoms with Gasteiger partial charge in [0.15, 0.2) is 0 Å². The zero-order chi connectivity index (χ0) is 10.9. The van der Waals surface area contributed by atoms with E-state index < -0.39 is 5.67 Å². The first-order valence-electron chi connectivity index (χ1n) is 5.58. The van der Waals surface area contributed by atoms with Gasteiger partial charge in [-0.1, -0.05) is 29.8 Å².